The number of benzene rings is 1. The highest BCUT2D eigenvalue weighted by Gasteiger charge is 2.08. The van der Waals surface area contributed by atoms with Crippen molar-refractivity contribution in [3.05, 3.63) is 35.3 Å². The minimum absolute atomic E-state index is 0.188. The molecule has 15 heavy (non-hydrogen) atoms. The molecule has 0 bridgehead atoms. The summed E-state index contributed by atoms with van der Waals surface area (Å²) in [7, 11) is 0. The van der Waals surface area contributed by atoms with E-state index in [0.29, 0.717) is 0 Å². The average Bonchev–Trinajstić information content (AvgIpc) is 2.50. The van der Waals surface area contributed by atoms with E-state index in [4.69, 9.17) is 5.11 Å². The molecule has 0 spiro atoms. The number of halogens is 1. The van der Waals surface area contributed by atoms with Crippen LogP contribution in [0.2, 0.25) is 0 Å². The van der Waals surface area contributed by atoms with Gasteiger partial charge in [0.15, 0.2) is 0 Å². The van der Waals surface area contributed by atoms with Crippen molar-refractivity contribution in [3.8, 4) is 0 Å². The Balaban J connectivity index is 2.48. The Morgan fingerprint density at radius 3 is 2.93 bits per heavy atom. The van der Waals surface area contributed by atoms with Gasteiger partial charge in [-0.25, -0.2) is 4.39 Å². The third-order valence-corrected chi connectivity index (χ3v) is 2.67. The smallest absolute Gasteiger partial charge is 0.125 e. The quantitative estimate of drug-likeness (QED) is 0.797. The monoisotopic (exact) mass is 207 g/mol. The molecule has 0 atom stereocenters. The maximum atomic E-state index is 13.0. The number of aromatic amines is 1. The fraction of sp³-hybridized carbons (Fsp3) is 0.333. The molecule has 0 aliphatic rings. The van der Waals surface area contributed by atoms with Crippen LogP contribution < -0.4 is 0 Å². The molecule has 0 radical (unpaired) electrons. The summed E-state index contributed by atoms with van der Waals surface area (Å²) < 4.78 is 13.0. The van der Waals surface area contributed by atoms with E-state index in [2.05, 4.69) is 4.98 Å². The summed E-state index contributed by atoms with van der Waals surface area (Å²) in [6.07, 6.45) is 1.57. The molecule has 80 valence electrons. The molecule has 1 heterocycles. The number of rotatable bonds is 3. The first-order chi connectivity index (χ1) is 7.22. The lowest BCUT2D eigenvalue weighted by molar-refractivity contribution is 0.288. The van der Waals surface area contributed by atoms with Crippen LogP contribution in [-0.4, -0.2) is 16.7 Å². The lowest BCUT2D eigenvalue weighted by Crippen LogP contribution is -1.90. The highest BCUT2D eigenvalue weighted by molar-refractivity contribution is 5.84. The number of aryl methyl sites for hydroxylation is 2. The number of hydrogen-bond acceptors (Lipinski definition) is 1. The standard InChI is InChI=1S/C12H14FNO/c1-8-10(3-2-6-15)11-5-4-9(13)7-12(11)14-8/h4-5,7,14-15H,2-3,6H2,1H3. The highest BCUT2D eigenvalue weighted by atomic mass is 19.1. The Morgan fingerprint density at radius 2 is 2.20 bits per heavy atom. The molecule has 2 rings (SSSR count). The first-order valence-electron chi connectivity index (χ1n) is 5.10. The second-order valence-electron chi connectivity index (χ2n) is 3.75. The molecule has 1 aromatic heterocycles. The van der Waals surface area contributed by atoms with Gasteiger partial charge < -0.3 is 10.1 Å². The molecule has 0 aliphatic carbocycles. The number of fused-ring (bicyclic) bond motifs is 1. The van der Waals surface area contributed by atoms with Gasteiger partial charge in [-0.3, -0.25) is 0 Å². The van der Waals surface area contributed by atoms with Crippen molar-refractivity contribution in [1.29, 1.82) is 0 Å². The Kier molecular flexibility index (Phi) is 2.73. The van der Waals surface area contributed by atoms with Crippen LogP contribution in [0.15, 0.2) is 18.2 Å². The van der Waals surface area contributed by atoms with E-state index >= 15 is 0 Å². The second-order valence-corrected chi connectivity index (χ2v) is 3.75. The largest absolute Gasteiger partial charge is 0.396 e. The predicted octanol–water partition coefficient (Wildman–Crippen LogP) is 2.54. The Bertz CT molecular complexity index is 476. The SMILES string of the molecule is Cc1[nH]c2cc(F)ccc2c1CCCO. The van der Waals surface area contributed by atoms with E-state index < -0.39 is 0 Å². The van der Waals surface area contributed by atoms with Crippen molar-refractivity contribution >= 4 is 10.9 Å². The number of aliphatic hydroxyl groups is 1. The van der Waals surface area contributed by atoms with Crippen LogP contribution >= 0.6 is 0 Å². The van der Waals surface area contributed by atoms with Crippen molar-refractivity contribution in [2.75, 3.05) is 6.61 Å². The van der Waals surface area contributed by atoms with E-state index in [1.807, 2.05) is 6.92 Å². The van der Waals surface area contributed by atoms with E-state index in [9.17, 15) is 4.39 Å². The first kappa shape index (κ1) is 10.2. The van der Waals surface area contributed by atoms with E-state index in [0.717, 1.165) is 29.4 Å². The molecule has 0 fully saturated rings. The highest BCUT2D eigenvalue weighted by Crippen LogP contribution is 2.23. The van der Waals surface area contributed by atoms with Crippen molar-refractivity contribution in [1.82, 2.24) is 4.98 Å². The van der Waals surface area contributed by atoms with E-state index in [1.165, 1.54) is 17.7 Å². The molecule has 2 aromatic rings. The molecule has 3 heteroatoms. The zero-order chi connectivity index (χ0) is 10.8. The molecule has 0 aliphatic heterocycles. The van der Waals surface area contributed by atoms with Crippen LogP contribution in [-0.2, 0) is 6.42 Å². The number of H-pyrrole nitrogens is 1. The van der Waals surface area contributed by atoms with Crippen molar-refractivity contribution < 1.29 is 9.50 Å². The molecule has 2 N–H and O–H groups in total. The summed E-state index contributed by atoms with van der Waals surface area (Å²) in [5, 5.41) is 9.86. The summed E-state index contributed by atoms with van der Waals surface area (Å²) in [5.74, 6) is -0.225. The number of aliphatic hydroxyl groups excluding tert-OH is 1. The third kappa shape index (κ3) is 1.88. The van der Waals surface area contributed by atoms with Crippen molar-refractivity contribution in [2.45, 2.75) is 19.8 Å². The summed E-state index contributed by atoms with van der Waals surface area (Å²) in [4.78, 5) is 3.16. The van der Waals surface area contributed by atoms with Gasteiger partial charge in [-0.1, -0.05) is 0 Å². The normalized spacial score (nSPS) is 11.1. The van der Waals surface area contributed by atoms with Gasteiger partial charge in [0.05, 0.1) is 0 Å². The Labute approximate surface area is 87.7 Å². The van der Waals surface area contributed by atoms with Gasteiger partial charge in [0.2, 0.25) is 0 Å². The number of nitrogens with one attached hydrogen (secondary N) is 1. The summed E-state index contributed by atoms with van der Waals surface area (Å²) in [5.41, 5.74) is 3.07. The first-order valence-corrected chi connectivity index (χ1v) is 5.10. The second kappa shape index (κ2) is 4.03. The molecule has 0 saturated heterocycles. The van der Waals surface area contributed by atoms with E-state index in [1.54, 1.807) is 6.07 Å². The average molecular weight is 207 g/mol. The maximum Gasteiger partial charge on any atom is 0.125 e. The zero-order valence-corrected chi connectivity index (χ0v) is 8.68. The lowest BCUT2D eigenvalue weighted by Gasteiger charge is -1.99. The summed E-state index contributed by atoms with van der Waals surface area (Å²) in [6.45, 7) is 2.16. The van der Waals surface area contributed by atoms with Gasteiger partial charge in [0, 0.05) is 23.2 Å². The molecule has 0 unspecified atom stereocenters. The lowest BCUT2D eigenvalue weighted by atomic mass is 10.1. The van der Waals surface area contributed by atoms with Crippen LogP contribution in [0.1, 0.15) is 17.7 Å². The topological polar surface area (TPSA) is 36.0 Å². The van der Waals surface area contributed by atoms with Gasteiger partial charge in [-0.2, -0.15) is 0 Å². The summed E-state index contributed by atoms with van der Waals surface area (Å²) in [6, 6.07) is 4.77. The van der Waals surface area contributed by atoms with Crippen LogP contribution in [0, 0.1) is 12.7 Å². The molecule has 1 aromatic carbocycles. The fourth-order valence-electron chi connectivity index (χ4n) is 1.94. The van der Waals surface area contributed by atoms with Crippen LogP contribution in [0.3, 0.4) is 0 Å². The Hall–Kier alpha value is -1.35. The van der Waals surface area contributed by atoms with Gasteiger partial charge in [0.1, 0.15) is 5.82 Å². The minimum Gasteiger partial charge on any atom is -0.396 e. The minimum atomic E-state index is -0.225. The fourth-order valence-corrected chi connectivity index (χ4v) is 1.94. The summed E-state index contributed by atoms with van der Waals surface area (Å²) >= 11 is 0. The Morgan fingerprint density at radius 1 is 1.40 bits per heavy atom. The predicted molar refractivity (Wildman–Crippen MR) is 58.4 cm³/mol. The van der Waals surface area contributed by atoms with Crippen molar-refractivity contribution in [3.63, 3.8) is 0 Å². The van der Waals surface area contributed by atoms with Gasteiger partial charge >= 0.3 is 0 Å². The van der Waals surface area contributed by atoms with Gasteiger partial charge in [-0.05, 0) is 43.5 Å². The van der Waals surface area contributed by atoms with Gasteiger partial charge in [-0.15, -0.1) is 0 Å². The third-order valence-electron chi connectivity index (χ3n) is 2.67. The van der Waals surface area contributed by atoms with E-state index in [-0.39, 0.29) is 12.4 Å². The number of aromatic nitrogens is 1. The molecule has 0 saturated carbocycles. The van der Waals surface area contributed by atoms with Crippen molar-refractivity contribution in [2.24, 2.45) is 0 Å². The molecule has 0 amide bonds. The zero-order valence-electron chi connectivity index (χ0n) is 8.68. The van der Waals surface area contributed by atoms with Crippen LogP contribution in [0.5, 0.6) is 0 Å². The number of hydrogen-bond donors (Lipinski definition) is 2. The maximum absolute atomic E-state index is 13.0. The molecular weight excluding hydrogens is 193 g/mol. The van der Waals surface area contributed by atoms with Crippen LogP contribution in [0.25, 0.3) is 10.9 Å². The molecule has 2 nitrogen and oxygen atoms in total. The van der Waals surface area contributed by atoms with Gasteiger partial charge in [0.25, 0.3) is 0 Å². The van der Waals surface area contributed by atoms with Crippen LogP contribution in [0.4, 0.5) is 4.39 Å². The molecular formula is C12H14FNO.